The van der Waals surface area contributed by atoms with Crippen LogP contribution in [0.15, 0.2) is 0 Å². The van der Waals surface area contributed by atoms with Crippen LogP contribution in [0.4, 0.5) is 0 Å². The molecule has 2 atom stereocenters. The lowest BCUT2D eigenvalue weighted by Crippen LogP contribution is -2.44. The molecule has 1 aliphatic rings. The standard InChI is InChI=1S/C14H30N2O/c1-4-9-16-10-5-7-14(12-16)13(2)15-8-6-11-17-3/h13-15H,4-12H2,1-3H3. The van der Waals surface area contributed by atoms with Crippen LogP contribution in [0, 0.1) is 5.92 Å². The first-order valence-corrected chi connectivity index (χ1v) is 7.22. The van der Waals surface area contributed by atoms with Gasteiger partial charge in [0.2, 0.25) is 0 Å². The third kappa shape index (κ3) is 5.84. The van der Waals surface area contributed by atoms with Crippen LogP contribution in [0.1, 0.15) is 39.5 Å². The fourth-order valence-corrected chi connectivity index (χ4v) is 2.73. The van der Waals surface area contributed by atoms with Crippen molar-refractivity contribution in [2.75, 3.05) is 39.9 Å². The Bertz CT molecular complexity index is 185. The molecule has 1 fully saturated rings. The topological polar surface area (TPSA) is 24.5 Å². The summed E-state index contributed by atoms with van der Waals surface area (Å²) in [6.45, 7) is 10.4. The lowest BCUT2D eigenvalue weighted by Gasteiger charge is -2.36. The molecule has 0 aliphatic carbocycles. The highest BCUT2D eigenvalue weighted by atomic mass is 16.5. The second kappa shape index (κ2) is 8.90. The van der Waals surface area contributed by atoms with Crippen LogP contribution in [-0.4, -0.2) is 50.8 Å². The molecule has 1 rings (SSSR count). The third-order valence-electron chi connectivity index (χ3n) is 3.78. The van der Waals surface area contributed by atoms with E-state index in [4.69, 9.17) is 4.74 Å². The number of hydrogen-bond acceptors (Lipinski definition) is 3. The fraction of sp³-hybridized carbons (Fsp3) is 1.00. The monoisotopic (exact) mass is 242 g/mol. The van der Waals surface area contributed by atoms with E-state index in [1.807, 2.05) is 0 Å². The van der Waals surface area contributed by atoms with Gasteiger partial charge in [0.05, 0.1) is 0 Å². The molecule has 1 saturated heterocycles. The Hall–Kier alpha value is -0.120. The lowest BCUT2D eigenvalue weighted by atomic mass is 9.91. The van der Waals surface area contributed by atoms with E-state index < -0.39 is 0 Å². The van der Waals surface area contributed by atoms with Crippen LogP contribution in [0.3, 0.4) is 0 Å². The minimum atomic E-state index is 0.645. The maximum Gasteiger partial charge on any atom is 0.0474 e. The van der Waals surface area contributed by atoms with E-state index in [-0.39, 0.29) is 0 Å². The minimum Gasteiger partial charge on any atom is -0.385 e. The molecule has 1 aliphatic heterocycles. The van der Waals surface area contributed by atoms with Gasteiger partial charge in [-0.1, -0.05) is 6.92 Å². The summed E-state index contributed by atoms with van der Waals surface area (Å²) in [6, 6.07) is 0.645. The van der Waals surface area contributed by atoms with Crippen LogP contribution in [0.25, 0.3) is 0 Å². The number of piperidine rings is 1. The molecule has 0 saturated carbocycles. The SMILES string of the molecule is CCCN1CCCC(C(C)NCCCOC)C1. The Morgan fingerprint density at radius 3 is 3.00 bits per heavy atom. The zero-order valence-corrected chi connectivity index (χ0v) is 11.9. The van der Waals surface area contributed by atoms with Gasteiger partial charge in [-0.05, 0) is 58.2 Å². The summed E-state index contributed by atoms with van der Waals surface area (Å²) in [5.41, 5.74) is 0. The number of methoxy groups -OCH3 is 1. The van der Waals surface area contributed by atoms with E-state index in [0.717, 1.165) is 25.5 Å². The molecule has 0 spiro atoms. The molecule has 17 heavy (non-hydrogen) atoms. The predicted molar refractivity (Wildman–Crippen MR) is 73.4 cm³/mol. The lowest BCUT2D eigenvalue weighted by molar-refractivity contribution is 0.148. The van der Waals surface area contributed by atoms with Gasteiger partial charge in [-0.25, -0.2) is 0 Å². The van der Waals surface area contributed by atoms with Gasteiger partial charge < -0.3 is 15.0 Å². The average molecular weight is 242 g/mol. The van der Waals surface area contributed by atoms with Gasteiger partial charge >= 0.3 is 0 Å². The van der Waals surface area contributed by atoms with E-state index in [1.54, 1.807) is 7.11 Å². The molecule has 1 N–H and O–H groups in total. The van der Waals surface area contributed by atoms with Crippen molar-refractivity contribution in [1.29, 1.82) is 0 Å². The second-order valence-corrected chi connectivity index (χ2v) is 5.29. The minimum absolute atomic E-state index is 0.645. The molecule has 3 nitrogen and oxygen atoms in total. The van der Waals surface area contributed by atoms with Gasteiger partial charge in [-0.15, -0.1) is 0 Å². The van der Waals surface area contributed by atoms with E-state index in [0.29, 0.717) is 6.04 Å². The van der Waals surface area contributed by atoms with Gasteiger partial charge in [0, 0.05) is 26.3 Å². The molecule has 1 heterocycles. The zero-order valence-electron chi connectivity index (χ0n) is 11.9. The first kappa shape index (κ1) is 14.9. The highest BCUT2D eigenvalue weighted by molar-refractivity contribution is 4.80. The predicted octanol–water partition coefficient (Wildman–Crippen LogP) is 2.12. The molecule has 0 bridgehead atoms. The number of hydrogen-bond donors (Lipinski definition) is 1. The normalized spacial score (nSPS) is 23.8. The van der Waals surface area contributed by atoms with Crippen LogP contribution in [0.5, 0.6) is 0 Å². The van der Waals surface area contributed by atoms with E-state index in [1.165, 1.54) is 38.9 Å². The molecule has 0 aromatic rings. The molecule has 0 aromatic heterocycles. The summed E-state index contributed by atoms with van der Waals surface area (Å²) in [5, 5.41) is 3.64. The molecule has 0 aromatic carbocycles. The molecule has 3 heteroatoms. The Morgan fingerprint density at radius 1 is 1.47 bits per heavy atom. The van der Waals surface area contributed by atoms with Crippen molar-refractivity contribution in [2.45, 2.75) is 45.6 Å². The van der Waals surface area contributed by atoms with Gasteiger partial charge in [-0.3, -0.25) is 0 Å². The summed E-state index contributed by atoms with van der Waals surface area (Å²) < 4.78 is 5.07. The Balaban J connectivity index is 2.18. The van der Waals surface area contributed by atoms with E-state index >= 15 is 0 Å². The first-order chi connectivity index (χ1) is 8.27. The van der Waals surface area contributed by atoms with Crippen LogP contribution in [-0.2, 0) is 4.74 Å². The molecule has 0 radical (unpaired) electrons. The number of nitrogens with one attached hydrogen (secondary N) is 1. The fourth-order valence-electron chi connectivity index (χ4n) is 2.73. The molecule has 2 unspecified atom stereocenters. The summed E-state index contributed by atoms with van der Waals surface area (Å²) in [7, 11) is 1.77. The summed E-state index contributed by atoms with van der Waals surface area (Å²) in [6.07, 6.45) is 5.15. The second-order valence-electron chi connectivity index (χ2n) is 5.29. The van der Waals surface area contributed by atoms with Crippen molar-refractivity contribution in [2.24, 2.45) is 5.92 Å². The molecular weight excluding hydrogens is 212 g/mol. The number of likely N-dealkylation sites (tertiary alicyclic amines) is 1. The number of nitrogens with zero attached hydrogens (tertiary/aromatic N) is 1. The van der Waals surface area contributed by atoms with Crippen molar-refractivity contribution in [3.05, 3.63) is 0 Å². The first-order valence-electron chi connectivity index (χ1n) is 7.22. The quantitative estimate of drug-likeness (QED) is 0.660. The van der Waals surface area contributed by atoms with Crippen molar-refractivity contribution in [3.63, 3.8) is 0 Å². The maximum absolute atomic E-state index is 5.07. The molecule has 0 amide bonds. The smallest absolute Gasteiger partial charge is 0.0474 e. The Labute approximate surface area is 107 Å². The van der Waals surface area contributed by atoms with Gasteiger partial charge in [0.1, 0.15) is 0 Å². The average Bonchev–Trinajstić information content (AvgIpc) is 2.35. The molecular formula is C14H30N2O. The zero-order chi connectivity index (χ0) is 12.5. The van der Waals surface area contributed by atoms with Crippen molar-refractivity contribution in [1.82, 2.24) is 10.2 Å². The van der Waals surface area contributed by atoms with Gasteiger partial charge in [-0.2, -0.15) is 0 Å². The van der Waals surface area contributed by atoms with Gasteiger partial charge in [0.15, 0.2) is 0 Å². The Kier molecular flexibility index (Phi) is 7.82. The number of rotatable bonds is 8. The van der Waals surface area contributed by atoms with E-state index in [2.05, 4.69) is 24.1 Å². The van der Waals surface area contributed by atoms with Gasteiger partial charge in [0.25, 0.3) is 0 Å². The molecule has 102 valence electrons. The van der Waals surface area contributed by atoms with Crippen molar-refractivity contribution >= 4 is 0 Å². The Morgan fingerprint density at radius 2 is 2.29 bits per heavy atom. The van der Waals surface area contributed by atoms with Crippen molar-refractivity contribution < 1.29 is 4.74 Å². The largest absolute Gasteiger partial charge is 0.385 e. The highest BCUT2D eigenvalue weighted by Crippen LogP contribution is 2.19. The number of ether oxygens (including phenoxy) is 1. The van der Waals surface area contributed by atoms with Crippen molar-refractivity contribution in [3.8, 4) is 0 Å². The highest BCUT2D eigenvalue weighted by Gasteiger charge is 2.23. The maximum atomic E-state index is 5.07. The van der Waals surface area contributed by atoms with Crippen LogP contribution in [0.2, 0.25) is 0 Å². The third-order valence-corrected chi connectivity index (χ3v) is 3.78. The summed E-state index contributed by atoms with van der Waals surface area (Å²) in [4.78, 5) is 2.63. The van der Waals surface area contributed by atoms with Crippen LogP contribution >= 0.6 is 0 Å². The summed E-state index contributed by atoms with van der Waals surface area (Å²) in [5.74, 6) is 0.831. The summed E-state index contributed by atoms with van der Waals surface area (Å²) >= 11 is 0. The van der Waals surface area contributed by atoms with Crippen LogP contribution < -0.4 is 5.32 Å². The van der Waals surface area contributed by atoms with E-state index in [9.17, 15) is 0 Å².